The van der Waals surface area contributed by atoms with Crippen molar-refractivity contribution in [2.75, 3.05) is 18.5 Å². The predicted molar refractivity (Wildman–Crippen MR) is 107 cm³/mol. The number of unbranched alkanes of at least 4 members (excludes halogenated alkanes) is 3. The largest absolute Gasteiger partial charge is 0.508 e. The Balaban J connectivity index is 2.04. The highest BCUT2D eigenvalue weighted by Crippen LogP contribution is 2.24. The van der Waals surface area contributed by atoms with Gasteiger partial charge in [0.1, 0.15) is 5.75 Å². The number of carbonyl (C=O) groups excluding carboxylic acids is 2. The zero-order valence-corrected chi connectivity index (χ0v) is 16.0. The van der Waals surface area contributed by atoms with E-state index < -0.39 is 0 Å². The molecule has 0 atom stereocenters. The van der Waals surface area contributed by atoms with Crippen LogP contribution in [0.25, 0.3) is 0 Å². The number of rotatable bonds is 10. The Kier molecular flexibility index (Phi) is 7.86. The van der Waals surface area contributed by atoms with Gasteiger partial charge in [-0.3, -0.25) is 4.79 Å². The van der Waals surface area contributed by atoms with Gasteiger partial charge in [0.25, 0.3) is 0 Å². The molecular formula is C22H27NO4. The standard InChI is InChI=1S/C22H27NO4/c1-3-5-6-7-14-27-22(26)17-10-8-16(9-11-17)21(25)19-13-12-18(24)15-20(19)23-4-2/h8-13,15,23-24H,3-7,14H2,1-2H3. The number of esters is 1. The molecule has 2 aromatic rings. The van der Waals surface area contributed by atoms with Crippen LogP contribution < -0.4 is 5.32 Å². The van der Waals surface area contributed by atoms with Crippen LogP contribution in [0.4, 0.5) is 5.69 Å². The SMILES string of the molecule is CCCCCCOC(=O)c1ccc(C(=O)c2ccc(O)cc2NCC)cc1. The summed E-state index contributed by atoms with van der Waals surface area (Å²) in [7, 11) is 0. The molecule has 0 heterocycles. The van der Waals surface area contributed by atoms with Crippen molar-refractivity contribution in [1.82, 2.24) is 0 Å². The summed E-state index contributed by atoms with van der Waals surface area (Å²) in [5, 5.41) is 12.7. The number of nitrogens with one attached hydrogen (secondary N) is 1. The molecule has 0 bridgehead atoms. The van der Waals surface area contributed by atoms with E-state index in [-0.39, 0.29) is 17.5 Å². The number of hydrogen-bond donors (Lipinski definition) is 2. The Hall–Kier alpha value is -2.82. The summed E-state index contributed by atoms with van der Waals surface area (Å²) < 4.78 is 5.26. The number of aromatic hydroxyl groups is 1. The third kappa shape index (κ3) is 5.84. The van der Waals surface area contributed by atoms with E-state index in [0.717, 1.165) is 25.7 Å². The van der Waals surface area contributed by atoms with Gasteiger partial charge in [0.05, 0.1) is 12.2 Å². The second-order valence-electron chi connectivity index (χ2n) is 6.36. The van der Waals surface area contributed by atoms with Crippen molar-refractivity contribution in [2.24, 2.45) is 0 Å². The molecule has 0 radical (unpaired) electrons. The van der Waals surface area contributed by atoms with E-state index in [1.54, 1.807) is 30.3 Å². The number of hydrogen-bond acceptors (Lipinski definition) is 5. The maximum absolute atomic E-state index is 12.8. The van der Waals surface area contributed by atoms with Crippen molar-refractivity contribution in [3.63, 3.8) is 0 Å². The Labute approximate surface area is 160 Å². The topological polar surface area (TPSA) is 75.6 Å². The molecular weight excluding hydrogens is 342 g/mol. The fourth-order valence-corrected chi connectivity index (χ4v) is 2.76. The second kappa shape index (κ2) is 10.4. The molecule has 0 saturated heterocycles. The summed E-state index contributed by atoms with van der Waals surface area (Å²) in [6.07, 6.45) is 4.20. The molecule has 0 amide bonds. The van der Waals surface area contributed by atoms with Gasteiger partial charge in [-0.2, -0.15) is 0 Å². The van der Waals surface area contributed by atoms with Gasteiger partial charge in [-0.25, -0.2) is 4.79 Å². The van der Waals surface area contributed by atoms with E-state index in [1.165, 1.54) is 12.1 Å². The number of carbonyl (C=O) groups is 2. The van der Waals surface area contributed by atoms with Crippen LogP contribution >= 0.6 is 0 Å². The van der Waals surface area contributed by atoms with E-state index in [4.69, 9.17) is 4.74 Å². The highest BCUT2D eigenvalue weighted by atomic mass is 16.5. The first kappa shape index (κ1) is 20.5. The zero-order chi connectivity index (χ0) is 19.6. The predicted octanol–water partition coefficient (Wildman–Crippen LogP) is 4.79. The molecule has 2 aromatic carbocycles. The quantitative estimate of drug-likeness (QED) is 0.358. The summed E-state index contributed by atoms with van der Waals surface area (Å²) in [6.45, 7) is 5.10. The van der Waals surface area contributed by atoms with Gasteiger partial charge in [-0.1, -0.05) is 38.3 Å². The normalized spacial score (nSPS) is 10.4. The lowest BCUT2D eigenvalue weighted by molar-refractivity contribution is 0.0497. The second-order valence-corrected chi connectivity index (χ2v) is 6.36. The summed E-state index contributed by atoms with van der Waals surface area (Å²) in [5.41, 5.74) is 1.96. The fourth-order valence-electron chi connectivity index (χ4n) is 2.76. The first-order chi connectivity index (χ1) is 13.1. The van der Waals surface area contributed by atoms with Gasteiger partial charge in [0.15, 0.2) is 5.78 Å². The van der Waals surface area contributed by atoms with Gasteiger partial charge >= 0.3 is 5.97 Å². The van der Waals surface area contributed by atoms with Gasteiger partial charge in [-0.15, -0.1) is 0 Å². The van der Waals surface area contributed by atoms with E-state index in [2.05, 4.69) is 12.2 Å². The number of phenols is 1. The molecule has 0 fully saturated rings. The maximum Gasteiger partial charge on any atom is 0.338 e. The highest BCUT2D eigenvalue weighted by Gasteiger charge is 2.15. The molecule has 144 valence electrons. The lowest BCUT2D eigenvalue weighted by Crippen LogP contribution is -2.09. The van der Waals surface area contributed by atoms with Crippen molar-refractivity contribution in [3.05, 3.63) is 59.2 Å². The number of ether oxygens (including phenoxy) is 1. The average molecular weight is 369 g/mol. The van der Waals surface area contributed by atoms with Crippen LogP contribution in [0.3, 0.4) is 0 Å². The van der Waals surface area contributed by atoms with Crippen LogP contribution in [0, 0.1) is 0 Å². The first-order valence-electron chi connectivity index (χ1n) is 9.45. The number of benzene rings is 2. The molecule has 0 saturated carbocycles. The van der Waals surface area contributed by atoms with Crippen LogP contribution in [0.5, 0.6) is 5.75 Å². The highest BCUT2D eigenvalue weighted by molar-refractivity contribution is 6.12. The maximum atomic E-state index is 12.8. The number of ketones is 1. The first-order valence-corrected chi connectivity index (χ1v) is 9.45. The van der Waals surface area contributed by atoms with Gasteiger partial charge in [0.2, 0.25) is 0 Å². The molecule has 27 heavy (non-hydrogen) atoms. The van der Waals surface area contributed by atoms with E-state index in [1.807, 2.05) is 6.92 Å². The van der Waals surface area contributed by atoms with E-state index in [0.29, 0.717) is 35.5 Å². The molecule has 2 N–H and O–H groups in total. The van der Waals surface area contributed by atoms with Crippen LogP contribution in [0.2, 0.25) is 0 Å². The van der Waals surface area contributed by atoms with Crippen molar-refractivity contribution in [1.29, 1.82) is 0 Å². The van der Waals surface area contributed by atoms with Crippen molar-refractivity contribution in [3.8, 4) is 5.75 Å². The minimum Gasteiger partial charge on any atom is -0.508 e. The minimum atomic E-state index is -0.372. The molecule has 5 heteroatoms. The summed E-state index contributed by atoms with van der Waals surface area (Å²) in [5.74, 6) is -0.451. The third-order valence-electron chi connectivity index (χ3n) is 4.23. The minimum absolute atomic E-state index is 0.0968. The summed E-state index contributed by atoms with van der Waals surface area (Å²) in [6, 6.07) is 11.1. The van der Waals surface area contributed by atoms with E-state index >= 15 is 0 Å². The summed E-state index contributed by atoms with van der Waals surface area (Å²) in [4.78, 5) is 24.8. The average Bonchev–Trinajstić information content (AvgIpc) is 2.68. The smallest absolute Gasteiger partial charge is 0.338 e. The van der Waals surface area contributed by atoms with Gasteiger partial charge < -0.3 is 15.2 Å². The molecule has 0 spiro atoms. The molecule has 0 aromatic heterocycles. The van der Waals surface area contributed by atoms with Crippen molar-refractivity contribution in [2.45, 2.75) is 39.5 Å². The zero-order valence-electron chi connectivity index (χ0n) is 16.0. The third-order valence-corrected chi connectivity index (χ3v) is 4.23. The van der Waals surface area contributed by atoms with Crippen LogP contribution in [0.1, 0.15) is 65.8 Å². The molecule has 0 aliphatic carbocycles. The van der Waals surface area contributed by atoms with E-state index in [9.17, 15) is 14.7 Å². The van der Waals surface area contributed by atoms with Gasteiger partial charge in [0, 0.05) is 29.4 Å². The monoisotopic (exact) mass is 369 g/mol. The Bertz CT molecular complexity index is 768. The van der Waals surface area contributed by atoms with Crippen LogP contribution in [-0.2, 0) is 4.74 Å². The Morgan fingerprint density at radius 3 is 2.33 bits per heavy atom. The number of anilines is 1. The summed E-state index contributed by atoms with van der Waals surface area (Å²) >= 11 is 0. The fraction of sp³-hybridized carbons (Fsp3) is 0.364. The molecule has 5 nitrogen and oxygen atoms in total. The van der Waals surface area contributed by atoms with Gasteiger partial charge in [-0.05, 0) is 37.6 Å². The van der Waals surface area contributed by atoms with Crippen LogP contribution in [0.15, 0.2) is 42.5 Å². The van der Waals surface area contributed by atoms with Crippen LogP contribution in [-0.4, -0.2) is 30.0 Å². The molecule has 0 aliphatic heterocycles. The number of phenolic OH excluding ortho intramolecular Hbond substituents is 1. The molecule has 2 rings (SSSR count). The van der Waals surface area contributed by atoms with Crippen molar-refractivity contribution < 1.29 is 19.4 Å². The molecule has 0 aliphatic rings. The lowest BCUT2D eigenvalue weighted by Gasteiger charge is -2.11. The lowest BCUT2D eigenvalue weighted by atomic mass is 10.00. The van der Waals surface area contributed by atoms with Crippen molar-refractivity contribution >= 4 is 17.4 Å². The molecule has 0 unspecified atom stereocenters. The Morgan fingerprint density at radius 1 is 0.963 bits per heavy atom. The Morgan fingerprint density at radius 2 is 1.67 bits per heavy atom.